The first-order valence-corrected chi connectivity index (χ1v) is 9.82. The Hall–Kier alpha value is -1.34. The average Bonchev–Trinajstić information content (AvgIpc) is 2.68. The van der Waals surface area contributed by atoms with Gasteiger partial charge in [0.1, 0.15) is 0 Å². The number of morpholine rings is 1. The summed E-state index contributed by atoms with van der Waals surface area (Å²) in [5.74, 6) is 0.445. The minimum atomic E-state index is 0.0555. The lowest BCUT2D eigenvalue weighted by Gasteiger charge is -2.43. The highest BCUT2D eigenvalue weighted by Gasteiger charge is 2.34. The molecule has 0 saturated carbocycles. The summed E-state index contributed by atoms with van der Waals surface area (Å²) in [5.41, 5.74) is 0. The molecule has 0 aromatic rings. The molecule has 1 N–H and O–H groups in total. The van der Waals surface area contributed by atoms with Gasteiger partial charge in [-0.25, -0.2) is 4.79 Å². The van der Waals surface area contributed by atoms with E-state index >= 15 is 0 Å². The fourth-order valence-electron chi connectivity index (χ4n) is 4.28. The molecule has 25 heavy (non-hydrogen) atoms. The van der Waals surface area contributed by atoms with Gasteiger partial charge in [0.25, 0.3) is 0 Å². The predicted octanol–water partition coefficient (Wildman–Crippen LogP) is 0.751. The molecule has 3 saturated heterocycles. The molecule has 1 atom stereocenters. The molecule has 3 amide bonds. The number of piperidine rings is 2. The van der Waals surface area contributed by atoms with E-state index in [2.05, 4.69) is 10.2 Å². The molecular weight excluding hydrogens is 320 g/mol. The summed E-state index contributed by atoms with van der Waals surface area (Å²) >= 11 is 0. The average molecular weight is 352 g/mol. The molecule has 7 heteroatoms. The molecule has 0 aromatic heterocycles. The zero-order valence-corrected chi connectivity index (χ0v) is 15.4. The van der Waals surface area contributed by atoms with Crippen molar-refractivity contribution < 1.29 is 14.3 Å². The maximum absolute atomic E-state index is 12.8. The summed E-state index contributed by atoms with van der Waals surface area (Å²) in [6.07, 6.45) is 4.12. The lowest BCUT2D eigenvalue weighted by Crippen LogP contribution is -2.53. The van der Waals surface area contributed by atoms with Crippen LogP contribution < -0.4 is 5.32 Å². The van der Waals surface area contributed by atoms with Crippen LogP contribution >= 0.6 is 0 Å². The van der Waals surface area contributed by atoms with Gasteiger partial charge in [-0.15, -0.1) is 0 Å². The van der Waals surface area contributed by atoms with E-state index in [-0.39, 0.29) is 11.9 Å². The lowest BCUT2D eigenvalue weighted by atomic mass is 9.92. The van der Waals surface area contributed by atoms with Crippen LogP contribution in [0.4, 0.5) is 4.79 Å². The summed E-state index contributed by atoms with van der Waals surface area (Å²) in [7, 11) is 0. The van der Waals surface area contributed by atoms with E-state index in [4.69, 9.17) is 4.74 Å². The number of urea groups is 1. The van der Waals surface area contributed by atoms with Crippen molar-refractivity contribution in [1.82, 2.24) is 20.0 Å². The van der Waals surface area contributed by atoms with E-state index in [0.717, 1.165) is 65.0 Å². The van der Waals surface area contributed by atoms with Gasteiger partial charge >= 0.3 is 6.03 Å². The molecule has 142 valence electrons. The minimum Gasteiger partial charge on any atom is -0.378 e. The Morgan fingerprint density at radius 1 is 1.00 bits per heavy atom. The number of ether oxygens (including phenoxy) is 1. The van der Waals surface area contributed by atoms with Crippen LogP contribution in [0.3, 0.4) is 0 Å². The molecule has 0 radical (unpaired) electrons. The molecule has 3 rings (SSSR count). The number of carbonyl (C=O) groups is 2. The van der Waals surface area contributed by atoms with Crippen molar-refractivity contribution in [1.29, 1.82) is 0 Å². The van der Waals surface area contributed by atoms with Gasteiger partial charge in [0.05, 0.1) is 19.1 Å². The fraction of sp³-hybridized carbons (Fsp3) is 0.889. The first kappa shape index (κ1) is 18.5. The third-order valence-corrected chi connectivity index (χ3v) is 5.72. The van der Waals surface area contributed by atoms with Crippen molar-refractivity contribution >= 4 is 11.9 Å². The van der Waals surface area contributed by atoms with Crippen LogP contribution in [0.25, 0.3) is 0 Å². The van der Waals surface area contributed by atoms with E-state index < -0.39 is 0 Å². The second kappa shape index (κ2) is 8.85. The van der Waals surface area contributed by atoms with Gasteiger partial charge in [-0.3, -0.25) is 9.69 Å². The summed E-state index contributed by atoms with van der Waals surface area (Å²) in [6, 6.07) is 0.561. The Morgan fingerprint density at radius 2 is 1.72 bits per heavy atom. The lowest BCUT2D eigenvalue weighted by molar-refractivity contribution is -0.141. The third kappa shape index (κ3) is 4.64. The number of carbonyl (C=O) groups excluding carboxylic acids is 2. The Kier molecular flexibility index (Phi) is 6.53. The molecular formula is C18H32N4O3. The number of rotatable bonds is 3. The van der Waals surface area contributed by atoms with E-state index in [1.165, 1.54) is 0 Å². The second-order valence-corrected chi connectivity index (χ2v) is 7.33. The van der Waals surface area contributed by atoms with E-state index in [1.807, 2.05) is 16.7 Å². The van der Waals surface area contributed by atoms with Gasteiger partial charge in [-0.1, -0.05) is 0 Å². The number of hydrogen-bond acceptors (Lipinski definition) is 4. The van der Waals surface area contributed by atoms with Crippen LogP contribution in [0.1, 0.15) is 32.6 Å². The monoisotopic (exact) mass is 352 g/mol. The standard InChI is InChI=1S/C18H32N4O3/c1-2-19-18(24)21-8-5-16(6-9-21)22-7-3-4-15(14-22)17(23)20-10-12-25-13-11-20/h15-16H,2-14H2,1H3,(H,19,24)/t15-/m1/s1. The van der Waals surface area contributed by atoms with Crippen LogP contribution in [-0.2, 0) is 9.53 Å². The quantitative estimate of drug-likeness (QED) is 0.814. The normalized spacial score (nSPS) is 26.5. The second-order valence-electron chi connectivity index (χ2n) is 7.33. The minimum absolute atomic E-state index is 0.0555. The van der Waals surface area contributed by atoms with Gasteiger partial charge in [0.2, 0.25) is 5.91 Å². The molecule has 0 aromatic carbocycles. The van der Waals surface area contributed by atoms with Crippen molar-refractivity contribution in [3.8, 4) is 0 Å². The van der Waals surface area contributed by atoms with E-state index in [0.29, 0.717) is 31.7 Å². The zero-order valence-electron chi connectivity index (χ0n) is 15.4. The van der Waals surface area contributed by atoms with Crippen molar-refractivity contribution in [3.63, 3.8) is 0 Å². The third-order valence-electron chi connectivity index (χ3n) is 5.72. The zero-order chi connectivity index (χ0) is 17.6. The maximum Gasteiger partial charge on any atom is 0.317 e. The highest BCUT2D eigenvalue weighted by molar-refractivity contribution is 5.79. The molecule has 3 heterocycles. The Morgan fingerprint density at radius 3 is 2.40 bits per heavy atom. The van der Waals surface area contributed by atoms with Crippen LogP contribution in [0.2, 0.25) is 0 Å². The Bertz CT molecular complexity index is 459. The molecule has 7 nitrogen and oxygen atoms in total. The molecule has 3 aliphatic rings. The molecule has 3 fully saturated rings. The van der Waals surface area contributed by atoms with Crippen molar-refractivity contribution in [3.05, 3.63) is 0 Å². The van der Waals surface area contributed by atoms with E-state index in [1.54, 1.807) is 0 Å². The van der Waals surface area contributed by atoms with Gasteiger partial charge in [0.15, 0.2) is 0 Å². The van der Waals surface area contributed by atoms with Crippen molar-refractivity contribution in [2.75, 3.05) is 59.0 Å². The van der Waals surface area contributed by atoms with Crippen LogP contribution in [0.15, 0.2) is 0 Å². The Balaban J connectivity index is 1.48. The topological polar surface area (TPSA) is 65.1 Å². The first-order valence-electron chi connectivity index (χ1n) is 9.82. The number of nitrogens with one attached hydrogen (secondary N) is 1. The molecule has 0 aliphatic carbocycles. The summed E-state index contributed by atoms with van der Waals surface area (Å²) in [5, 5.41) is 2.88. The Labute approximate surface area is 150 Å². The van der Waals surface area contributed by atoms with Crippen LogP contribution in [-0.4, -0.2) is 91.7 Å². The highest BCUT2D eigenvalue weighted by Crippen LogP contribution is 2.25. The molecule has 0 spiro atoms. The number of hydrogen-bond donors (Lipinski definition) is 1. The highest BCUT2D eigenvalue weighted by atomic mass is 16.5. The maximum atomic E-state index is 12.8. The number of amides is 3. The predicted molar refractivity (Wildman–Crippen MR) is 95.4 cm³/mol. The smallest absolute Gasteiger partial charge is 0.317 e. The summed E-state index contributed by atoms with van der Waals surface area (Å²) in [4.78, 5) is 31.1. The number of nitrogens with zero attached hydrogens (tertiary/aromatic N) is 3. The summed E-state index contributed by atoms with van der Waals surface area (Å²) < 4.78 is 5.36. The van der Waals surface area contributed by atoms with Gasteiger partial charge < -0.3 is 19.9 Å². The van der Waals surface area contributed by atoms with Crippen LogP contribution in [0.5, 0.6) is 0 Å². The first-order chi connectivity index (χ1) is 12.2. The largest absolute Gasteiger partial charge is 0.378 e. The van der Waals surface area contributed by atoms with Gasteiger partial charge in [0, 0.05) is 45.3 Å². The van der Waals surface area contributed by atoms with Crippen molar-refractivity contribution in [2.45, 2.75) is 38.6 Å². The molecule has 0 bridgehead atoms. The van der Waals surface area contributed by atoms with Gasteiger partial charge in [-0.05, 0) is 39.2 Å². The SMILES string of the molecule is CCNC(=O)N1CCC(N2CCC[C@@H](C(=O)N3CCOCC3)C2)CC1. The molecule has 3 aliphatic heterocycles. The fourth-order valence-corrected chi connectivity index (χ4v) is 4.28. The van der Waals surface area contributed by atoms with Gasteiger partial charge in [-0.2, -0.15) is 0 Å². The van der Waals surface area contributed by atoms with Crippen molar-refractivity contribution in [2.24, 2.45) is 5.92 Å². The molecule has 0 unspecified atom stereocenters. The number of likely N-dealkylation sites (tertiary alicyclic amines) is 2. The summed E-state index contributed by atoms with van der Waals surface area (Å²) in [6.45, 7) is 9.02. The van der Waals surface area contributed by atoms with Crippen LogP contribution in [0, 0.1) is 5.92 Å². The van der Waals surface area contributed by atoms with E-state index in [9.17, 15) is 9.59 Å².